The SMILES string of the molecule is COc1ccc(N(C(=O)c2ccc(OC3CCCC3)c(OC)c2)C(C)C2CC2)cc1. The largest absolute Gasteiger partial charge is 0.497 e. The second-order valence-corrected chi connectivity index (χ2v) is 8.34. The first kappa shape index (κ1) is 20.6. The van der Waals surface area contributed by atoms with Gasteiger partial charge in [0.25, 0.3) is 5.91 Å². The molecule has 0 N–H and O–H groups in total. The Bertz CT molecular complexity index is 869. The summed E-state index contributed by atoms with van der Waals surface area (Å²) in [6, 6.07) is 13.4. The molecule has 2 aromatic rings. The number of anilines is 1. The predicted octanol–water partition coefficient (Wildman–Crippen LogP) is 5.47. The van der Waals surface area contributed by atoms with Gasteiger partial charge in [0.1, 0.15) is 5.75 Å². The number of hydrogen-bond acceptors (Lipinski definition) is 4. The number of benzene rings is 2. The molecule has 160 valence electrons. The van der Waals surface area contributed by atoms with Crippen molar-refractivity contribution in [3.05, 3.63) is 48.0 Å². The van der Waals surface area contributed by atoms with Crippen LogP contribution in [0.1, 0.15) is 55.8 Å². The van der Waals surface area contributed by atoms with Crippen molar-refractivity contribution in [2.24, 2.45) is 5.92 Å². The quantitative estimate of drug-likeness (QED) is 0.580. The third-order valence-electron chi connectivity index (χ3n) is 6.29. The van der Waals surface area contributed by atoms with E-state index in [2.05, 4.69) is 6.92 Å². The molecule has 0 bridgehead atoms. The first-order valence-corrected chi connectivity index (χ1v) is 10.9. The average Bonchev–Trinajstić information content (AvgIpc) is 3.51. The van der Waals surface area contributed by atoms with Crippen LogP contribution in [-0.2, 0) is 0 Å². The number of rotatable bonds is 8. The van der Waals surface area contributed by atoms with Gasteiger partial charge in [0.15, 0.2) is 11.5 Å². The summed E-state index contributed by atoms with van der Waals surface area (Å²) in [6.07, 6.45) is 7.14. The van der Waals surface area contributed by atoms with Crippen LogP contribution in [0.5, 0.6) is 17.2 Å². The van der Waals surface area contributed by atoms with Gasteiger partial charge in [-0.1, -0.05) is 0 Å². The van der Waals surface area contributed by atoms with E-state index in [1.54, 1.807) is 14.2 Å². The number of amides is 1. The zero-order chi connectivity index (χ0) is 21.1. The number of ether oxygens (including phenoxy) is 3. The smallest absolute Gasteiger partial charge is 0.258 e. The van der Waals surface area contributed by atoms with Gasteiger partial charge < -0.3 is 19.1 Å². The minimum absolute atomic E-state index is 0.0229. The van der Waals surface area contributed by atoms with Crippen molar-refractivity contribution in [3.63, 3.8) is 0 Å². The topological polar surface area (TPSA) is 48.0 Å². The molecule has 2 aliphatic rings. The first-order valence-electron chi connectivity index (χ1n) is 10.9. The number of carbonyl (C=O) groups is 1. The zero-order valence-electron chi connectivity index (χ0n) is 18.1. The van der Waals surface area contributed by atoms with Crippen molar-refractivity contribution in [2.45, 2.75) is 57.6 Å². The van der Waals surface area contributed by atoms with Gasteiger partial charge in [0.2, 0.25) is 0 Å². The van der Waals surface area contributed by atoms with Crippen LogP contribution in [0.2, 0.25) is 0 Å². The highest BCUT2D eigenvalue weighted by molar-refractivity contribution is 6.07. The van der Waals surface area contributed by atoms with E-state index >= 15 is 0 Å². The molecule has 0 radical (unpaired) electrons. The molecule has 0 saturated heterocycles. The number of carbonyl (C=O) groups excluding carboxylic acids is 1. The standard InChI is InChI=1S/C25H31NO4/c1-17(18-8-9-18)26(20-11-13-21(28-2)14-12-20)25(27)19-10-15-23(24(16-19)29-3)30-22-6-4-5-7-22/h10-18,22H,4-9H2,1-3H3. The van der Waals surface area contributed by atoms with Crippen LogP contribution in [0.25, 0.3) is 0 Å². The van der Waals surface area contributed by atoms with Gasteiger partial charge >= 0.3 is 0 Å². The lowest BCUT2D eigenvalue weighted by molar-refractivity contribution is 0.0975. The minimum Gasteiger partial charge on any atom is -0.497 e. The van der Waals surface area contributed by atoms with Gasteiger partial charge in [0, 0.05) is 17.3 Å². The molecule has 1 unspecified atom stereocenters. The summed E-state index contributed by atoms with van der Waals surface area (Å²) >= 11 is 0. The zero-order valence-corrected chi connectivity index (χ0v) is 18.1. The van der Waals surface area contributed by atoms with Crippen molar-refractivity contribution in [2.75, 3.05) is 19.1 Å². The number of hydrogen-bond donors (Lipinski definition) is 0. The molecule has 2 fully saturated rings. The van der Waals surface area contributed by atoms with E-state index in [4.69, 9.17) is 14.2 Å². The normalized spacial score (nSPS) is 17.4. The lowest BCUT2D eigenvalue weighted by Crippen LogP contribution is -2.40. The molecule has 2 aromatic carbocycles. The Balaban J connectivity index is 1.61. The van der Waals surface area contributed by atoms with E-state index in [0.29, 0.717) is 23.0 Å². The van der Waals surface area contributed by atoms with Crippen LogP contribution in [0.4, 0.5) is 5.69 Å². The Morgan fingerprint density at radius 3 is 2.23 bits per heavy atom. The summed E-state index contributed by atoms with van der Waals surface area (Å²) in [6.45, 7) is 2.13. The number of methoxy groups -OCH3 is 2. The van der Waals surface area contributed by atoms with Crippen molar-refractivity contribution in [1.82, 2.24) is 0 Å². The maximum atomic E-state index is 13.6. The Kier molecular flexibility index (Phi) is 6.16. The van der Waals surface area contributed by atoms with Gasteiger partial charge in [-0.05, 0) is 93.8 Å². The van der Waals surface area contributed by atoms with Gasteiger partial charge in [-0.3, -0.25) is 4.79 Å². The van der Waals surface area contributed by atoms with Crippen LogP contribution >= 0.6 is 0 Å². The first-order chi connectivity index (χ1) is 14.6. The Morgan fingerprint density at radius 1 is 0.933 bits per heavy atom. The molecule has 1 atom stereocenters. The van der Waals surface area contributed by atoms with Crippen LogP contribution in [0, 0.1) is 5.92 Å². The molecule has 4 rings (SSSR count). The molecule has 0 heterocycles. The summed E-state index contributed by atoms with van der Waals surface area (Å²) < 4.78 is 17.0. The van der Waals surface area contributed by atoms with E-state index in [9.17, 15) is 4.79 Å². The fourth-order valence-corrected chi connectivity index (χ4v) is 4.29. The van der Waals surface area contributed by atoms with Gasteiger partial charge in [-0.2, -0.15) is 0 Å². The molecule has 5 nitrogen and oxygen atoms in total. The summed E-state index contributed by atoms with van der Waals surface area (Å²) in [7, 11) is 3.27. The van der Waals surface area contributed by atoms with Crippen molar-refractivity contribution < 1.29 is 19.0 Å². The fraction of sp³-hybridized carbons (Fsp3) is 0.480. The van der Waals surface area contributed by atoms with E-state index < -0.39 is 0 Å². The molecule has 0 aromatic heterocycles. The third-order valence-corrected chi connectivity index (χ3v) is 6.29. The van der Waals surface area contributed by atoms with Crippen molar-refractivity contribution >= 4 is 11.6 Å². The van der Waals surface area contributed by atoms with Crippen LogP contribution in [-0.4, -0.2) is 32.3 Å². The molecule has 5 heteroatoms. The van der Waals surface area contributed by atoms with Crippen molar-refractivity contribution in [1.29, 1.82) is 0 Å². The molecular formula is C25H31NO4. The summed E-state index contributed by atoms with van der Waals surface area (Å²) in [5.41, 5.74) is 1.49. The molecule has 1 amide bonds. The predicted molar refractivity (Wildman–Crippen MR) is 118 cm³/mol. The van der Waals surface area contributed by atoms with Gasteiger partial charge in [0.05, 0.1) is 20.3 Å². The molecule has 0 spiro atoms. The lowest BCUT2D eigenvalue weighted by atomic mass is 10.1. The second-order valence-electron chi connectivity index (χ2n) is 8.34. The maximum absolute atomic E-state index is 13.6. The summed E-state index contributed by atoms with van der Waals surface area (Å²) in [4.78, 5) is 15.5. The number of nitrogens with zero attached hydrogens (tertiary/aromatic N) is 1. The maximum Gasteiger partial charge on any atom is 0.258 e. The van der Waals surface area contributed by atoms with E-state index in [1.165, 1.54) is 25.7 Å². The van der Waals surface area contributed by atoms with E-state index in [0.717, 1.165) is 24.3 Å². The molecular weight excluding hydrogens is 378 g/mol. The third kappa shape index (κ3) is 4.40. The lowest BCUT2D eigenvalue weighted by Gasteiger charge is -2.30. The Morgan fingerprint density at radius 2 is 1.63 bits per heavy atom. The van der Waals surface area contributed by atoms with Crippen molar-refractivity contribution in [3.8, 4) is 17.2 Å². The van der Waals surface area contributed by atoms with Crippen LogP contribution in [0.3, 0.4) is 0 Å². The second kappa shape index (κ2) is 8.99. The summed E-state index contributed by atoms with van der Waals surface area (Å²) in [5, 5.41) is 0. The molecule has 0 aliphatic heterocycles. The highest BCUT2D eigenvalue weighted by atomic mass is 16.5. The highest BCUT2D eigenvalue weighted by Crippen LogP contribution is 2.39. The molecule has 2 saturated carbocycles. The van der Waals surface area contributed by atoms with Gasteiger partial charge in [-0.15, -0.1) is 0 Å². The average molecular weight is 410 g/mol. The highest BCUT2D eigenvalue weighted by Gasteiger charge is 2.35. The van der Waals surface area contributed by atoms with Crippen LogP contribution < -0.4 is 19.1 Å². The van der Waals surface area contributed by atoms with Gasteiger partial charge in [-0.25, -0.2) is 0 Å². The minimum atomic E-state index is -0.0229. The molecule has 30 heavy (non-hydrogen) atoms. The Hall–Kier alpha value is -2.69. The van der Waals surface area contributed by atoms with E-state index in [1.807, 2.05) is 47.4 Å². The monoisotopic (exact) mass is 409 g/mol. The fourth-order valence-electron chi connectivity index (χ4n) is 4.29. The van der Waals surface area contributed by atoms with E-state index in [-0.39, 0.29) is 18.1 Å². The molecule has 2 aliphatic carbocycles. The summed E-state index contributed by atoms with van der Waals surface area (Å²) in [5.74, 6) is 2.63. The Labute approximate surface area is 178 Å². The van der Waals surface area contributed by atoms with Crippen LogP contribution in [0.15, 0.2) is 42.5 Å².